The van der Waals surface area contributed by atoms with Gasteiger partial charge in [0.1, 0.15) is 17.9 Å². The topological polar surface area (TPSA) is 88.2 Å². The average Bonchev–Trinajstić information content (AvgIpc) is 2.37. The third-order valence-electron chi connectivity index (χ3n) is 3.02. The van der Waals surface area contributed by atoms with Crippen LogP contribution in [-0.2, 0) is 0 Å². The van der Waals surface area contributed by atoms with Crippen molar-refractivity contribution >= 4 is 5.69 Å². The van der Waals surface area contributed by atoms with Crippen molar-refractivity contribution in [2.45, 2.75) is 33.2 Å². The fraction of sp³-hybridized carbons (Fsp3) is 0.500. The molecule has 0 heterocycles. The molecule has 0 aliphatic heterocycles. The minimum Gasteiger partial charge on any atom is -0.490 e. The molecule has 0 aromatic heterocycles. The second kappa shape index (κ2) is 6.35. The Bertz CT molecular complexity index is 551. The number of nitrogens with one attached hydrogen (secondary N) is 1. The standard InChI is InChI=1S/C14H19N3O3/c1-5-16-14(4,8-15)9-20-13-7-12(17(18)19)10(2)6-11(13)3/h6-7,16H,5,9H2,1-4H3. The third-order valence-corrected chi connectivity index (χ3v) is 3.02. The van der Waals surface area contributed by atoms with Gasteiger partial charge in [0.05, 0.1) is 17.1 Å². The van der Waals surface area contributed by atoms with E-state index in [1.807, 2.05) is 13.8 Å². The Hall–Kier alpha value is -2.13. The number of nitriles is 1. The molecule has 0 saturated heterocycles. The molecule has 1 N–H and O–H groups in total. The van der Waals surface area contributed by atoms with Gasteiger partial charge in [-0.25, -0.2) is 0 Å². The molecule has 0 saturated carbocycles. The molecule has 6 heteroatoms. The normalized spacial score (nSPS) is 13.3. The monoisotopic (exact) mass is 277 g/mol. The Labute approximate surface area is 118 Å². The number of hydrogen-bond donors (Lipinski definition) is 1. The first-order valence-electron chi connectivity index (χ1n) is 6.37. The lowest BCUT2D eigenvalue weighted by Crippen LogP contribution is -2.46. The van der Waals surface area contributed by atoms with Crippen molar-refractivity contribution in [3.05, 3.63) is 33.4 Å². The number of hydrogen-bond acceptors (Lipinski definition) is 5. The molecule has 0 fully saturated rings. The summed E-state index contributed by atoms with van der Waals surface area (Å²) in [6.07, 6.45) is 0. The summed E-state index contributed by atoms with van der Waals surface area (Å²) in [4.78, 5) is 10.5. The molecule has 0 aliphatic rings. The molecule has 1 rings (SSSR count). The van der Waals surface area contributed by atoms with Crippen LogP contribution < -0.4 is 10.1 Å². The number of rotatable bonds is 6. The van der Waals surface area contributed by atoms with E-state index in [1.165, 1.54) is 6.07 Å². The van der Waals surface area contributed by atoms with Crippen molar-refractivity contribution in [2.24, 2.45) is 0 Å². The summed E-state index contributed by atoms with van der Waals surface area (Å²) in [5, 5.41) is 23.1. The van der Waals surface area contributed by atoms with E-state index in [1.54, 1.807) is 19.9 Å². The first-order chi connectivity index (χ1) is 9.33. The highest BCUT2D eigenvalue weighted by molar-refractivity contribution is 5.49. The zero-order chi connectivity index (χ0) is 15.3. The smallest absolute Gasteiger partial charge is 0.276 e. The van der Waals surface area contributed by atoms with Gasteiger partial charge >= 0.3 is 0 Å². The number of nitro benzene ring substituents is 1. The first-order valence-corrected chi connectivity index (χ1v) is 6.37. The van der Waals surface area contributed by atoms with E-state index in [0.29, 0.717) is 17.9 Å². The molecule has 0 aliphatic carbocycles. The summed E-state index contributed by atoms with van der Waals surface area (Å²) in [7, 11) is 0. The van der Waals surface area contributed by atoms with Crippen LogP contribution in [0.1, 0.15) is 25.0 Å². The molecule has 1 unspecified atom stereocenters. The van der Waals surface area contributed by atoms with Crippen LogP contribution >= 0.6 is 0 Å². The average molecular weight is 277 g/mol. The van der Waals surface area contributed by atoms with E-state index in [4.69, 9.17) is 10.00 Å². The van der Waals surface area contributed by atoms with Crippen molar-refractivity contribution in [3.8, 4) is 11.8 Å². The van der Waals surface area contributed by atoms with Crippen LogP contribution in [0.15, 0.2) is 12.1 Å². The molecule has 6 nitrogen and oxygen atoms in total. The van der Waals surface area contributed by atoms with Crippen molar-refractivity contribution in [1.29, 1.82) is 5.26 Å². The Kier molecular flexibility index (Phi) is 5.06. The van der Waals surface area contributed by atoms with Gasteiger partial charge < -0.3 is 4.74 Å². The molecule has 108 valence electrons. The summed E-state index contributed by atoms with van der Waals surface area (Å²) in [5.74, 6) is 0.432. The minimum atomic E-state index is -0.819. The van der Waals surface area contributed by atoms with Crippen LogP contribution in [0.2, 0.25) is 0 Å². The second-order valence-corrected chi connectivity index (χ2v) is 4.92. The van der Waals surface area contributed by atoms with Crippen molar-refractivity contribution < 1.29 is 9.66 Å². The Morgan fingerprint density at radius 3 is 2.60 bits per heavy atom. The van der Waals surface area contributed by atoms with Gasteiger partial charge in [0, 0.05) is 5.56 Å². The highest BCUT2D eigenvalue weighted by Crippen LogP contribution is 2.28. The number of ether oxygens (including phenoxy) is 1. The van der Waals surface area contributed by atoms with Gasteiger partial charge in [-0.3, -0.25) is 15.4 Å². The van der Waals surface area contributed by atoms with Crippen molar-refractivity contribution in [3.63, 3.8) is 0 Å². The predicted octanol–water partition coefficient (Wildman–Crippen LogP) is 2.48. The fourth-order valence-corrected chi connectivity index (χ4v) is 1.91. The number of benzene rings is 1. The van der Waals surface area contributed by atoms with E-state index in [9.17, 15) is 10.1 Å². The van der Waals surface area contributed by atoms with Gasteiger partial charge in [-0.15, -0.1) is 0 Å². The molecule has 0 radical (unpaired) electrons. The van der Waals surface area contributed by atoms with Gasteiger partial charge in [0.15, 0.2) is 0 Å². The zero-order valence-corrected chi connectivity index (χ0v) is 12.2. The lowest BCUT2D eigenvalue weighted by atomic mass is 10.1. The zero-order valence-electron chi connectivity index (χ0n) is 12.2. The lowest BCUT2D eigenvalue weighted by Gasteiger charge is -2.23. The second-order valence-electron chi connectivity index (χ2n) is 4.92. The van der Waals surface area contributed by atoms with Crippen LogP contribution in [0.25, 0.3) is 0 Å². The number of nitrogens with zero attached hydrogens (tertiary/aromatic N) is 2. The van der Waals surface area contributed by atoms with Crippen LogP contribution in [0.3, 0.4) is 0 Å². The highest BCUT2D eigenvalue weighted by Gasteiger charge is 2.24. The molecular formula is C14H19N3O3. The van der Waals surface area contributed by atoms with Crippen LogP contribution in [0.4, 0.5) is 5.69 Å². The van der Waals surface area contributed by atoms with E-state index in [2.05, 4.69) is 11.4 Å². The maximum absolute atomic E-state index is 10.9. The summed E-state index contributed by atoms with van der Waals surface area (Å²) in [6, 6.07) is 5.27. The molecule has 0 spiro atoms. The van der Waals surface area contributed by atoms with Gasteiger partial charge in [-0.1, -0.05) is 6.92 Å². The van der Waals surface area contributed by atoms with Crippen LogP contribution in [0.5, 0.6) is 5.75 Å². The maximum atomic E-state index is 10.9. The number of nitro groups is 1. The lowest BCUT2D eigenvalue weighted by molar-refractivity contribution is -0.385. The molecule has 1 aromatic rings. The Morgan fingerprint density at radius 2 is 2.10 bits per heavy atom. The van der Waals surface area contributed by atoms with Crippen LogP contribution in [0, 0.1) is 35.3 Å². The molecule has 20 heavy (non-hydrogen) atoms. The molecule has 1 atom stereocenters. The number of aryl methyl sites for hydroxylation is 2. The Morgan fingerprint density at radius 1 is 1.45 bits per heavy atom. The predicted molar refractivity (Wildman–Crippen MR) is 75.8 cm³/mol. The maximum Gasteiger partial charge on any atom is 0.276 e. The summed E-state index contributed by atoms with van der Waals surface area (Å²) in [6.45, 7) is 7.90. The van der Waals surface area contributed by atoms with E-state index in [-0.39, 0.29) is 12.3 Å². The summed E-state index contributed by atoms with van der Waals surface area (Å²) >= 11 is 0. The van der Waals surface area contributed by atoms with Crippen LogP contribution in [-0.4, -0.2) is 23.6 Å². The van der Waals surface area contributed by atoms with Gasteiger partial charge in [-0.2, -0.15) is 5.26 Å². The van der Waals surface area contributed by atoms with E-state index in [0.717, 1.165) is 5.56 Å². The number of likely N-dealkylation sites (N-methyl/N-ethyl adjacent to an activating group) is 1. The summed E-state index contributed by atoms with van der Waals surface area (Å²) < 4.78 is 5.60. The highest BCUT2D eigenvalue weighted by atomic mass is 16.6. The quantitative estimate of drug-likeness (QED) is 0.637. The largest absolute Gasteiger partial charge is 0.490 e. The summed E-state index contributed by atoms with van der Waals surface area (Å²) in [5.41, 5.74) is 0.605. The third kappa shape index (κ3) is 3.68. The van der Waals surface area contributed by atoms with Crippen molar-refractivity contribution in [1.82, 2.24) is 5.32 Å². The first kappa shape index (κ1) is 15.9. The van der Waals surface area contributed by atoms with E-state index < -0.39 is 10.5 Å². The minimum absolute atomic E-state index is 0.0210. The van der Waals surface area contributed by atoms with E-state index >= 15 is 0 Å². The van der Waals surface area contributed by atoms with Gasteiger partial charge in [0.2, 0.25) is 0 Å². The Balaban J connectivity index is 2.96. The molecule has 0 amide bonds. The molecule has 0 bridgehead atoms. The van der Waals surface area contributed by atoms with Crippen molar-refractivity contribution in [2.75, 3.05) is 13.2 Å². The fourth-order valence-electron chi connectivity index (χ4n) is 1.91. The van der Waals surface area contributed by atoms with Gasteiger partial charge in [0.25, 0.3) is 5.69 Å². The molecular weight excluding hydrogens is 258 g/mol. The molecule has 1 aromatic carbocycles. The SMILES string of the molecule is CCNC(C)(C#N)COc1cc([N+](=O)[O-])c(C)cc1C. The van der Waals surface area contributed by atoms with Gasteiger partial charge in [-0.05, 0) is 38.9 Å².